The van der Waals surface area contributed by atoms with Gasteiger partial charge in [-0.05, 0) is 18.6 Å². The first kappa shape index (κ1) is 11.0. The van der Waals surface area contributed by atoms with E-state index in [0.717, 1.165) is 5.56 Å². The molecule has 0 fully saturated rings. The normalized spacial score (nSPS) is 8.87. The number of hydrogen-bond acceptors (Lipinski definition) is 2. The van der Waals surface area contributed by atoms with Crippen LogP contribution in [-0.2, 0) is 4.79 Å². The average molecular weight is 202 g/mol. The lowest BCUT2D eigenvalue weighted by atomic mass is 10.0. The number of hydrogen-bond donors (Lipinski definition) is 1. The van der Waals surface area contributed by atoms with Gasteiger partial charge in [-0.15, -0.1) is 0 Å². The summed E-state index contributed by atoms with van der Waals surface area (Å²) in [5, 5.41) is 8.91. The number of carboxylic acids is 1. The van der Waals surface area contributed by atoms with Crippen molar-refractivity contribution in [3.8, 4) is 11.8 Å². The highest BCUT2D eigenvalue weighted by atomic mass is 16.4. The Hall–Kier alpha value is -2.08. The van der Waals surface area contributed by atoms with Gasteiger partial charge in [0, 0.05) is 5.56 Å². The lowest BCUT2D eigenvalue weighted by Crippen LogP contribution is -2.01. The maximum Gasteiger partial charge on any atom is 0.336 e. The predicted molar refractivity (Wildman–Crippen MR) is 55.7 cm³/mol. The summed E-state index contributed by atoms with van der Waals surface area (Å²) in [6, 6.07) is 4.96. The van der Waals surface area contributed by atoms with E-state index in [9.17, 15) is 9.59 Å². The summed E-state index contributed by atoms with van der Waals surface area (Å²) in [4.78, 5) is 20.9. The molecule has 0 aromatic heterocycles. The van der Waals surface area contributed by atoms with E-state index in [-0.39, 0.29) is 12.0 Å². The largest absolute Gasteiger partial charge is 0.478 e. The van der Waals surface area contributed by atoms with Gasteiger partial charge in [-0.2, -0.15) is 0 Å². The Morgan fingerprint density at radius 2 is 2.27 bits per heavy atom. The molecule has 1 N–H and O–H groups in total. The van der Waals surface area contributed by atoms with Crippen LogP contribution in [0.1, 0.15) is 27.9 Å². The number of carboxylic acid groups (broad SMARTS) is 1. The van der Waals surface area contributed by atoms with Crippen LogP contribution in [0.4, 0.5) is 0 Å². The standard InChI is InChI=1S/C12H10O3/c1-9-5-4-7-11(12(14)15)10(9)6-2-3-8-13/h4-5,7-8H,3H2,1H3,(H,14,15). The zero-order valence-corrected chi connectivity index (χ0v) is 8.28. The van der Waals surface area contributed by atoms with E-state index in [2.05, 4.69) is 11.8 Å². The van der Waals surface area contributed by atoms with Crippen molar-refractivity contribution >= 4 is 12.3 Å². The number of aldehydes is 1. The highest BCUT2D eigenvalue weighted by molar-refractivity contribution is 5.91. The summed E-state index contributed by atoms with van der Waals surface area (Å²) in [6.07, 6.45) is 0.805. The maximum absolute atomic E-state index is 10.9. The van der Waals surface area contributed by atoms with Gasteiger partial charge in [-0.3, -0.25) is 0 Å². The Morgan fingerprint density at radius 1 is 1.53 bits per heavy atom. The van der Waals surface area contributed by atoms with Crippen LogP contribution < -0.4 is 0 Å². The Bertz CT molecular complexity index is 450. The molecule has 15 heavy (non-hydrogen) atoms. The van der Waals surface area contributed by atoms with E-state index in [1.165, 1.54) is 6.07 Å². The molecule has 3 heteroatoms. The van der Waals surface area contributed by atoms with E-state index in [0.29, 0.717) is 11.8 Å². The van der Waals surface area contributed by atoms with Crippen molar-refractivity contribution in [1.82, 2.24) is 0 Å². The van der Waals surface area contributed by atoms with E-state index >= 15 is 0 Å². The van der Waals surface area contributed by atoms with Gasteiger partial charge >= 0.3 is 5.97 Å². The van der Waals surface area contributed by atoms with Gasteiger partial charge in [-0.1, -0.05) is 24.0 Å². The molecule has 76 valence electrons. The third-order valence-electron chi connectivity index (χ3n) is 1.90. The molecule has 0 heterocycles. The number of carbonyl (C=O) groups is 2. The van der Waals surface area contributed by atoms with Crippen molar-refractivity contribution in [2.75, 3.05) is 0 Å². The molecule has 0 unspecified atom stereocenters. The third-order valence-corrected chi connectivity index (χ3v) is 1.90. The Labute approximate surface area is 87.7 Å². The van der Waals surface area contributed by atoms with Crippen molar-refractivity contribution in [3.63, 3.8) is 0 Å². The lowest BCUT2D eigenvalue weighted by Gasteiger charge is -2.01. The molecule has 0 aliphatic heterocycles. The van der Waals surface area contributed by atoms with Crippen molar-refractivity contribution in [2.24, 2.45) is 0 Å². The average Bonchev–Trinajstić information content (AvgIpc) is 2.20. The summed E-state index contributed by atoms with van der Waals surface area (Å²) in [5.41, 5.74) is 1.45. The number of benzene rings is 1. The minimum atomic E-state index is -1.01. The molecular formula is C12H10O3. The third kappa shape index (κ3) is 2.68. The summed E-state index contributed by atoms with van der Waals surface area (Å²) >= 11 is 0. The van der Waals surface area contributed by atoms with Gasteiger partial charge in [0.1, 0.15) is 6.29 Å². The highest BCUT2D eigenvalue weighted by Gasteiger charge is 2.09. The number of aromatic carboxylic acids is 1. The predicted octanol–water partition coefficient (Wildman–Crippen LogP) is 1.63. The smallest absolute Gasteiger partial charge is 0.336 e. The van der Waals surface area contributed by atoms with Gasteiger partial charge in [0.2, 0.25) is 0 Å². The second-order valence-corrected chi connectivity index (χ2v) is 2.98. The van der Waals surface area contributed by atoms with Crippen LogP contribution >= 0.6 is 0 Å². The van der Waals surface area contributed by atoms with Gasteiger partial charge in [0.25, 0.3) is 0 Å². The SMILES string of the molecule is Cc1cccc(C(=O)O)c1C#CCC=O. The monoisotopic (exact) mass is 202 g/mol. The molecule has 0 amide bonds. The molecule has 1 rings (SSSR count). The molecule has 0 aliphatic carbocycles. The maximum atomic E-state index is 10.9. The van der Waals surface area contributed by atoms with E-state index in [1.807, 2.05) is 0 Å². The van der Waals surface area contributed by atoms with Crippen LogP contribution in [-0.4, -0.2) is 17.4 Å². The minimum Gasteiger partial charge on any atom is -0.478 e. The molecule has 0 saturated heterocycles. The second-order valence-electron chi connectivity index (χ2n) is 2.98. The molecule has 0 bridgehead atoms. The Balaban J connectivity index is 3.20. The molecule has 0 spiro atoms. The van der Waals surface area contributed by atoms with Crippen LogP contribution in [0.15, 0.2) is 18.2 Å². The van der Waals surface area contributed by atoms with Crippen molar-refractivity contribution < 1.29 is 14.7 Å². The first-order valence-electron chi connectivity index (χ1n) is 4.42. The quantitative estimate of drug-likeness (QED) is 0.585. The van der Waals surface area contributed by atoms with Crippen molar-refractivity contribution in [2.45, 2.75) is 13.3 Å². The summed E-state index contributed by atoms with van der Waals surface area (Å²) in [5.74, 6) is 4.30. The van der Waals surface area contributed by atoms with Gasteiger partial charge < -0.3 is 9.90 Å². The fourth-order valence-corrected chi connectivity index (χ4v) is 1.19. The molecule has 1 aromatic rings. The van der Waals surface area contributed by atoms with E-state index in [1.54, 1.807) is 19.1 Å². The summed E-state index contributed by atoms with van der Waals surface area (Å²) in [7, 11) is 0. The van der Waals surface area contributed by atoms with Crippen LogP contribution in [0.25, 0.3) is 0 Å². The molecular weight excluding hydrogens is 192 g/mol. The lowest BCUT2D eigenvalue weighted by molar-refractivity contribution is -0.107. The number of rotatable bonds is 2. The van der Waals surface area contributed by atoms with Gasteiger partial charge in [0.05, 0.1) is 12.0 Å². The zero-order valence-electron chi connectivity index (χ0n) is 8.28. The minimum absolute atomic E-state index is 0.118. The summed E-state index contributed by atoms with van der Waals surface area (Å²) in [6.45, 7) is 1.79. The summed E-state index contributed by atoms with van der Waals surface area (Å²) < 4.78 is 0. The van der Waals surface area contributed by atoms with Gasteiger partial charge in [-0.25, -0.2) is 4.79 Å². The fourth-order valence-electron chi connectivity index (χ4n) is 1.19. The van der Waals surface area contributed by atoms with E-state index in [4.69, 9.17) is 5.11 Å². The fraction of sp³-hybridized carbons (Fsp3) is 0.167. The Morgan fingerprint density at radius 3 is 2.87 bits per heavy atom. The van der Waals surface area contributed by atoms with Crippen molar-refractivity contribution in [1.29, 1.82) is 0 Å². The zero-order chi connectivity index (χ0) is 11.3. The Kier molecular flexibility index (Phi) is 3.64. The van der Waals surface area contributed by atoms with E-state index < -0.39 is 5.97 Å². The van der Waals surface area contributed by atoms with Crippen LogP contribution in [0, 0.1) is 18.8 Å². The first-order chi connectivity index (χ1) is 7.16. The first-order valence-corrected chi connectivity index (χ1v) is 4.42. The molecule has 0 atom stereocenters. The van der Waals surface area contributed by atoms with Crippen LogP contribution in [0.2, 0.25) is 0 Å². The highest BCUT2D eigenvalue weighted by Crippen LogP contribution is 2.12. The second kappa shape index (κ2) is 4.97. The van der Waals surface area contributed by atoms with Gasteiger partial charge in [0.15, 0.2) is 0 Å². The van der Waals surface area contributed by atoms with Crippen LogP contribution in [0.5, 0.6) is 0 Å². The molecule has 0 aliphatic rings. The van der Waals surface area contributed by atoms with Crippen LogP contribution in [0.3, 0.4) is 0 Å². The van der Waals surface area contributed by atoms with Crippen molar-refractivity contribution in [3.05, 3.63) is 34.9 Å². The molecule has 0 radical (unpaired) electrons. The number of aryl methyl sites for hydroxylation is 1. The number of carbonyl (C=O) groups excluding carboxylic acids is 1. The molecule has 0 saturated carbocycles. The molecule has 1 aromatic carbocycles. The topological polar surface area (TPSA) is 54.4 Å². The molecule has 3 nitrogen and oxygen atoms in total.